The summed E-state index contributed by atoms with van der Waals surface area (Å²) in [6, 6.07) is 16.9. The highest BCUT2D eigenvalue weighted by Crippen LogP contribution is 2.24. The summed E-state index contributed by atoms with van der Waals surface area (Å²) >= 11 is 5.98. The average molecular weight is 370 g/mol. The molecule has 0 saturated heterocycles. The highest BCUT2D eigenvalue weighted by atomic mass is 35.5. The second-order valence-corrected chi connectivity index (χ2v) is 7.42. The second-order valence-electron chi connectivity index (χ2n) is 6.98. The lowest BCUT2D eigenvalue weighted by atomic mass is 10.0. The predicted octanol–water partition coefficient (Wildman–Crippen LogP) is 7.31. The summed E-state index contributed by atoms with van der Waals surface area (Å²) in [5.41, 5.74) is 5.08. The van der Waals surface area contributed by atoms with Crippen molar-refractivity contribution in [3.8, 4) is 11.1 Å². The number of rotatable bonds is 10. The fourth-order valence-electron chi connectivity index (χ4n) is 3.01. The topological polar surface area (TPSA) is 3.24 Å². The third-order valence-electron chi connectivity index (χ3n) is 4.83. The lowest BCUT2D eigenvalue weighted by Crippen LogP contribution is -2.26. The number of benzene rings is 2. The van der Waals surface area contributed by atoms with Crippen molar-refractivity contribution >= 4 is 17.2 Å². The summed E-state index contributed by atoms with van der Waals surface area (Å²) in [4.78, 5) is 2.58. The monoisotopic (exact) mass is 369 g/mol. The molecule has 0 saturated carbocycles. The zero-order chi connectivity index (χ0) is 18.8. The number of hydrogen-bond acceptors (Lipinski definition) is 1. The van der Waals surface area contributed by atoms with Crippen LogP contribution in [0, 0.1) is 0 Å². The van der Waals surface area contributed by atoms with E-state index >= 15 is 0 Å². The first-order valence-corrected chi connectivity index (χ1v) is 10.3. The van der Waals surface area contributed by atoms with Crippen molar-refractivity contribution in [3.05, 3.63) is 65.2 Å². The fourth-order valence-corrected chi connectivity index (χ4v) is 3.14. The maximum absolute atomic E-state index is 5.98. The average Bonchev–Trinajstić information content (AvgIpc) is 2.68. The third-order valence-corrected chi connectivity index (χ3v) is 5.08. The van der Waals surface area contributed by atoms with Crippen molar-refractivity contribution in [3.63, 3.8) is 0 Å². The van der Waals surface area contributed by atoms with Crippen LogP contribution in [0.25, 0.3) is 16.7 Å². The predicted molar refractivity (Wildman–Crippen MR) is 117 cm³/mol. The van der Waals surface area contributed by atoms with E-state index in [4.69, 9.17) is 11.6 Å². The molecule has 0 spiro atoms. The zero-order valence-electron chi connectivity index (χ0n) is 16.5. The summed E-state index contributed by atoms with van der Waals surface area (Å²) in [6.07, 6.45) is 7.47. The normalized spacial score (nSPS) is 12.0. The molecule has 0 amide bonds. The van der Waals surface area contributed by atoms with Gasteiger partial charge in [-0.2, -0.15) is 0 Å². The standard InChI is InChI=1S/C24H32ClN/c1-4-6-17-26(18-7-5-2)19-16-20(3)21-8-10-22(11-9-21)23-12-14-24(25)15-13-23/h8-16H,4-7,17-19H2,1-3H3/b20-16-. The van der Waals surface area contributed by atoms with E-state index in [1.165, 1.54) is 61.0 Å². The van der Waals surface area contributed by atoms with E-state index in [1.807, 2.05) is 12.1 Å². The van der Waals surface area contributed by atoms with Gasteiger partial charge in [0.25, 0.3) is 0 Å². The fraction of sp³-hybridized carbons (Fsp3) is 0.417. The molecule has 0 N–H and O–H groups in total. The van der Waals surface area contributed by atoms with E-state index in [9.17, 15) is 0 Å². The van der Waals surface area contributed by atoms with Crippen LogP contribution < -0.4 is 0 Å². The van der Waals surface area contributed by atoms with Gasteiger partial charge in [0.05, 0.1) is 0 Å². The quantitative estimate of drug-likeness (QED) is 0.424. The van der Waals surface area contributed by atoms with Gasteiger partial charge in [-0.3, -0.25) is 4.90 Å². The van der Waals surface area contributed by atoms with Gasteiger partial charge in [-0.25, -0.2) is 0 Å². The molecule has 26 heavy (non-hydrogen) atoms. The Morgan fingerprint density at radius 1 is 0.846 bits per heavy atom. The van der Waals surface area contributed by atoms with Crippen LogP contribution in [0.4, 0.5) is 0 Å². The van der Waals surface area contributed by atoms with E-state index in [-0.39, 0.29) is 0 Å². The molecule has 2 aromatic carbocycles. The minimum atomic E-state index is 0.778. The summed E-state index contributed by atoms with van der Waals surface area (Å²) in [7, 11) is 0. The van der Waals surface area contributed by atoms with Crippen molar-refractivity contribution in [1.82, 2.24) is 4.90 Å². The lowest BCUT2D eigenvalue weighted by molar-refractivity contribution is 0.292. The Morgan fingerprint density at radius 2 is 1.35 bits per heavy atom. The molecule has 0 aliphatic heterocycles. The van der Waals surface area contributed by atoms with Gasteiger partial charge < -0.3 is 0 Å². The summed E-state index contributed by atoms with van der Waals surface area (Å²) in [5.74, 6) is 0. The lowest BCUT2D eigenvalue weighted by Gasteiger charge is -2.20. The summed E-state index contributed by atoms with van der Waals surface area (Å²) in [5, 5.41) is 0.778. The minimum Gasteiger partial charge on any atom is -0.300 e. The Labute approximate surface area is 164 Å². The molecule has 0 fully saturated rings. The molecule has 2 heteroatoms. The molecule has 0 aromatic heterocycles. The Kier molecular flexibility index (Phi) is 8.94. The summed E-state index contributed by atoms with van der Waals surface area (Å²) in [6.45, 7) is 10.2. The molecular weight excluding hydrogens is 338 g/mol. The van der Waals surface area contributed by atoms with Crippen LogP contribution in [-0.2, 0) is 0 Å². The van der Waals surface area contributed by atoms with Crippen molar-refractivity contribution in [1.29, 1.82) is 0 Å². The molecule has 0 radical (unpaired) electrons. The Bertz CT molecular complexity index is 662. The van der Waals surface area contributed by atoms with Gasteiger partial charge in [0.2, 0.25) is 0 Å². The number of allylic oxidation sites excluding steroid dienone is 1. The molecule has 140 valence electrons. The third kappa shape index (κ3) is 6.63. The first-order chi connectivity index (χ1) is 12.6. The molecule has 0 bridgehead atoms. The van der Waals surface area contributed by atoms with Gasteiger partial charge in [-0.1, -0.05) is 80.8 Å². The van der Waals surface area contributed by atoms with E-state index in [0.29, 0.717) is 0 Å². The van der Waals surface area contributed by atoms with Crippen molar-refractivity contribution < 1.29 is 0 Å². The number of hydrogen-bond donors (Lipinski definition) is 0. The molecule has 2 rings (SSSR count). The summed E-state index contributed by atoms with van der Waals surface area (Å²) < 4.78 is 0. The number of nitrogens with zero attached hydrogens (tertiary/aromatic N) is 1. The van der Waals surface area contributed by atoms with Crippen LogP contribution in [0.1, 0.15) is 52.0 Å². The number of unbranched alkanes of at least 4 members (excludes halogenated alkanes) is 2. The van der Waals surface area contributed by atoms with Gasteiger partial charge in [0.1, 0.15) is 0 Å². The van der Waals surface area contributed by atoms with Gasteiger partial charge in [-0.15, -0.1) is 0 Å². The maximum Gasteiger partial charge on any atom is 0.0406 e. The van der Waals surface area contributed by atoms with Crippen LogP contribution >= 0.6 is 11.6 Å². The highest BCUT2D eigenvalue weighted by molar-refractivity contribution is 6.30. The first-order valence-electron chi connectivity index (χ1n) is 9.89. The molecule has 0 atom stereocenters. The molecule has 0 aliphatic carbocycles. The van der Waals surface area contributed by atoms with Crippen molar-refractivity contribution in [2.45, 2.75) is 46.5 Å². The van der Waals surface area contributed by atoms with Crippen LogP contribution in [0.15, 0.2) is 54.6 Å². The van der Waals surface area contributed by atoms with Crippen molar-refractivity contribution in [2.24, 2.45) is 0 Å². The Hall–Kier alpha value is -1.57. The molecule has 1 nitrogen and oxygen atoms in total. The first kappa shape index (κ1) is 20.7. The largest absolute Gasteiger partial charge is 0.300 e. The van der Waals surface area contributed by atoms with Crippen LogP contribution in [0.2, 0.25) is 5.02 Å². The smallest absolute Gasteiger partial charge is 0.0406 e. The maximum atomic E-state index is 5.98. The number of halogens is 1. The zero-order valence-corrected chi connectivity index (χ0v) is 17.2. The molecular formula is C24H32ClN. The van der Waals surface area contributed by atoms with Gasteiger partial charge in [0, 0.05) is 11.6 Å². The molecule has 0 heterocycles. The molecule has 0 aliphatic rings. The van der Waals surface area contributed by atoms with Crippen LogP contribution in [-0.4, -0.2) is 24.5 Å². The van der Waals surface area contributed by atoms with E-state index < -0.39 is 0 Å². The van der Waals surface area contributed by atoms with Gasteiger partial charge in [0.15, 0.2) is 0 Å². The van der Waals surface area contributed by atoms with Gasteiger partial charge >= 0.3 is 0 Å². The van der Waals surface area contributed by atoms with Crippen LogP contribution in [0.3, 0.4) is 0 Å². The van der Waals surface area contributed by atoms with Gasteiger partial charge in [-0.05, 0) is 67.3 Å². The second kappa shape index (κ2) is 11.2. The molecule has 0 unspecified atom stereocenters. The van der Waals surface area contributed by atoms with Crippen molar-refractivity contribution in [2.75, 3.05) is 19.6 Å². The minimum absolute atomic E-state index is 0.778. The molecule has 2 aromatic rings. The SMILES string of the molecule is CCCCN(C/C=C(/C)c1ccc(-c2ccc(Cl)cc2)cc1)CCCC. The highest BCUT2D eigenvalue weighted by Gasteiger charge is 2.04. The Morgan fingerprint density at radius 3 is 1.85 bits per heavy atom. The Balaban J connectivity index is 2.01. The van der Waals surface area contributed by atoms with E-state index in [0.717, 1.165) is 11.6 Å². The van der Waals surface area contributed by atoms with E-state index in [1.54, 1.807) is 0 Å². The van der Waals surface area contributed by atoms with Crippen LogP contribution in [0.5, 0.6) is 0 Å². The van der Waals surface area contributed by atoms with E-state index in [2.05, 4.69) is 68.1 Å².